The summed E-state index contributed by atoms with van der Waals surface area (Å²) in [5, 5.41) is 9.75. The highest BCUT2D eigenvalue weighted by molar-refractivity contribution is 6.74. The molecule has 0 unspecified atom stereocenters. The van der Waals surface area contributed by atoms with Crippen LogP contribution >= 0.6 is 0 Å². The molecule has 2 nitrogen and oxygen atoms in total. The molecule has 0 bridgehead atoms. The van der Waals surface area contributed by atoms with Crippen LogP contribution in [-0.2, 0) is 4.43 Å². The van der Waals surface area contributed by atoms with E-state index in [0.717, 1.165) is 0 Å². The standard InChI is InChI=1S/C15H30O2Si/c1-9-10-14(12(2)13(3)16)11-17-18(7,8)15(4,5)6/h9-10,12,14,16H,3,11H2,1-2,4-8H3/b10-9+/t12-,14-/m0/s1. The highest BCUT2D eigenvalue weighted by Crippen LogP contribution is 2.37. The van der Waals surface area contributed by atoms with Crippen molar-refractivity contribution in [3.63, 3.8) is 0 Å². The molecular formula is C15H30O2Si. The Morgan fingerprint density at radius 3 is 2.22 bits per heavy atom. The lowest BCUT2D eigenvalue weighted by Crippen LogP contribution is -2.42. The quantitative estimate of drug-likeness (QED) is 0.422. The van der Waals surface area contributed by atoms with E-state index < -0.39 is 8.32 Å². The topological polar surface area (TPSA) is 29.5 Å². The van der Waals surface area contributed by atoms with Gasteiger partial charge in [0.1, 0.15) is 0 Å². The maximum absolute atomic E-state index is 9.53. The second kappa shape index (κ2) is 6.57. The minimum Gasteiger partial charge on any atom is -0.513 e. The molecule has 2 atom stereocenters. The first-order valence-corrected chi connectivity index (χ1v) is 9.58. The average Bonchev–Trinajstić information content (AvgIpc) is 2.21. The molecule has 0 aliphatic heterocycles. The number of hydrogen-bond donors (Lipinski definition) is 1. The molecule has 0 fully saturated rings. The zero-order valence-corrected chi connectivity index (χ0v) is 14.1. The van der Waals surface area contributed by atoms with Crippen LogP contribution in [-0.4, -0.2) is 20.0 Å². The fourth-order valence-corrected chi connectivity index (χ4v) is 2.42. The minimum atomic E-state index is -1.72. The molecule has 0 saturated carbocycles. The molecule has 0 aromatic rings. The third-order valence-electron chi connectivity index (χ3n) is 4.05. The Morgan fingerprint density at radius 2 is 1.89 bits per heavy atom. The Balaban J connectivity index is 4.69. The smallest absolute Gasteiger partial charge is 0.192 e. The van der Waals surface area contributed by atoms with E-state index in [4.69, 9.17) is 4.43 Å². The van der Waals surface area contributed by atoms with Gasteiger partial charge in [0.2, 0.25) is 0 Å². The SMILES string of the molecule is C=C(O)[C@H](C)[C@@H](/C=C/C)CO[Si](C)(C)C(C)(C)C. The zero-order valence-electron chi connectivity index (χ0n) is 13.1. The summed E-state index contributed by atoms with van der Waals surface area (Å²) < 4.78 is 6.22. The average molecular weight is 270 g/mol. The van der Waals surface area contributed by atoms with Crippen LogP contribution in [0.15, 0.2) is 24.5 Å². The van der Waals surface area contributed by atoms with E-state index in [1.54, 1.807) is 0 Å². The highest BCUT2D eigenvalue weighted by Gasteiger charge is 2.37. The molecule has 0 aromatic carbocycles. The molecule has 18 heavy (non-hydrogen) atoms. The van der Waals surface area contributed by atoms with Crippen LogP contribution in [0.3, 0.4) is 0 Å². The highest BCUT2D eigenvalue weighted by atomic mass is 28.4. The van der Waals surface area contributed by atoms with Crippen molar-refractivity contribution < 1.29 is 9.53 Å². The number of hydrogen-bond acceptors (Lipinski definition) is 2. The molecule has 0 radical (unpaired) electrons. The Bertz CT molecular complexity index is 300. The van der Waals surface area contributed by atoms with E-state index in [0.29, 0.717) is 6.61 Å². The lowest BCUT2D eigenvalue weighted by atomic mass is 9.93. The van der Waals surface area contributed by atoms with Crippen LogP contribution < -0.4 is 0 Å². The summed E-state index contributed by atoms with van der Waals surface area (Å²) in [7, 11) is -1.72. The Labute approximate surface area is 114 Å². The normalized spacial score (nSPS) is 16.8. The van der Waals surface area contributed by atoms with Crippen molar-refractivity contribution >= 4 is 8.32 Å². The summed E-state index contributed by atoms with van der Waals surface area (Å²) in [6, 6.07) is 0. The van der Waals surface area contributed by atoms with E-state index in [-0.39, 0.29) is 22.6 Å². The molecule has 1 N–H and O–H groups in total. The fraction of sp³-hybridized carbons (Fsp3) is 0.733. The van der Waals surface area contributed by atoms with Crippen molar-refractivity contribution in [3.8, 4) is 0 Å². The van der Waals surface area contributed by atoms with Crippen LogP contribution in [0.2, 0.25) is 18.1 Å². The maximum Gasteiger partial charge on any atom is 0.192 e. The Morgan fingerprint density at radius 1 is 1.39 bits per heavy atom. The van der Waals surface area contributed by atoms with Crippen molar-refractivity contribution in [3.05, 3.63) is 24.5 Å². The van der Waals surface area contributed by atoms with Crippen molar-refractivity contribution in [1.29, 1.82) is 0 Å². The molecule has 106 valence electrons. The van der Waals surface area contributed by atoms with Gasteiger partial charge in [0.25, 0.3) is 0 Å². The summed E-state index contributed by atoms with van der Waals surface area (Å²) in [5.41, 5.74) is 0. The van der Waals surface area contributed by atoms with Gasteiger partial charge in [-0.05, 0) is 25.1 Å². The lowest BCUT2D eigenvalue weighted by molar-refractivity contribution is 0.203. The van der Waals surface area contributed by atoms with Gasteiger partial charge in [-0.3, -0.25) is 0 Å². The number of rotatable bonds is 6. The zero-order chi connectivity index (χ0) is 14.6. The first-order valence-electron chi connectivity index (χ1n) is 6.67. The fourth-order valence-electron chi connectivity index (χ4n) is 1.38. The van der Waals surface area contributed by atoms with Gasteiger partial charge >= 0.3 is 0 Å². The molecule has 0 aliphatic rings. The molecule has 0 rings (SSSR count). The number of allylic oxidation sites excluding steroid dienone is 2. The second-order valence-corrected chi connectivity index (χ2v) is 11.4. The first-order chi connectivity index (χ1) is 8.03. The van der Waals surface area contributed by atoms with Crippen LogP contribution in [0.5, 0.6) is 0 Å². The Hall–Kier alpha value is -0.543. The predicted molar refractivity (Wildman–Crippen MR) is 82.4 cm³/mol. The second-order valence-electron chi connectivity index (χ2n) is 6.54. The number of aliphatic hydroxyl groups is 1. The van der Waals surface area contributed by atoms with Gasteiger partial charge in [0, 0.05) is 18.4 Å². The van der Waals surface area contributed by atoms with E-state index >= 15 is 0 Å². The summed E-state index contributed by atoms with van der Waals surface area (Å²) in [5.74, 6) is 0.463. The van der Waals surface area contributed by atoms with Gasteiger partial charge < -0.3 is 9.53 Å². The largest absolute Gasteiger partial charge is 0.513 e. The lowest BCUT2D eigenvalue weighted by Gasteiger charge is -2.37. The molecule has 0 saturated heterocycles. The van der Waals surface area contributed by atoms with E-state index in [1.807, 2.05) is 19.9 Å². The molecular weight excluding hydrogens is 240 g/mol. The van der Waals surface area contributed by atoms with Crippen LogP contribution in [0.4, 0.5) is 0 Å². The van der Waals surface area contributed by atoms with Crippen LogP contribution in [0.25, 0.3) is 0 Å². The summed E-state index contributed by atoms with van der Waals surface area (Å²) >= 11 is 0. The monoisotopic (exact) mass is 270 g/mol. The van der Waals surface area contributed by atoms with Crippen molar-refractivity contribution in [2.24, 2.45) is 11.8 Å². The van der Waals surface area contributed by atoms with Crippen LogP contribution in [0, 0.1) is 11.8 Å². The molecule has 0 heterocycles. The van der Waals surface area contributed by atoms with E-state index in [2.05, 4.69) is 46.5 Å². The van der Waals surface area contributed by atoms with Crippen molar-refractivity contribution in [1.82, 2.24) is 0 Å². The van der Waals surface area contributed by atoms with Crippen LogP contribution in [0.1, 0.15) is 34.6 Å². The van der Waals surface area contributed by atoms with Crippen molar-refractivity contribution in [2.45, 2.75) is 52.8 Å². The molecule has 0 aliphatic carbocycles. The van der Waals surface area contributed by atoms with Gasteiger partial charge in [0.15, 0.2) is 8.32 Å². The maximum atomic E-state index is 9.53. The third-order valence-corrected chi connectivity index (χ3v) is 8.55. The van der Waals surface area contributed by atoms with Gasteiger partial charge in [0.05, 0.1) is 5.76 Å². The van der Waals surface area contributed by atoms with Gasteiger partial charge in [-0.15, -0.1) is 0 Å². The summed E-state index contributed by atoms with van der Waals surface area (Å²) in [6.07, 6.45) is 4.11. The molecule has 0 aromatic heterocycles. The Kier molecular flexibility index (Phi) is 6.38. The summed E-state index contributed by atoms with van der Waals surface area (Å²) in [6.45, 7) is 19.5. The molecule has 3 heteroatoms. The number of aliphatic hydroxyl groups excluding tert-OH is 1. The van der Waals surface area contributed by atoms with E-state index in [1.165, 1.54) is 0 Å². The summed E-state index contributed by atoms with van der Waals surface area (Å²) in [4.78, 5) is 0. The third kappa shape index (κ3) is 4.98. The van der Waals surface area contributed by atoms with Gasteiger partial charge in [-0.1, -0.05) is 46.4 Å². The minimum absolute atomic E-state index is 0.0333. The van der Waals surface area contributed by atoms with Gasteiger partial charge in [-0.2, -0.15) is 0 Å². The molecule has 0 amide bonds. The molecule has 0 spiro atoms. The first kappa shape index (κ1) is 17.5. The predicted octanol–water partition coefficient (Wildman–Crippen LogP) is 4.91. The van der Waals surface area contributed by atoms with Gasteiger partial charge in [-0.25, -0.2) is 0 Å². The van der Waals surface area contributed by atoms with Crippen molar-refractivity contribution in [2.75, 3.05) is 6.61 Å². The van der Waals surface area contributed by atoms with E-state index in [9.17, 15) is 5.11 Å².